The van der Waals surface area contributed by atoms with E-state index in [1.807, 2.05) is 91.0 Å². The van der Waals surface area contributed by atoms with Crippen LogP contribution in [-0.4, -0.2) is 38.3 Å². The van der Waals surface area contributed by atoms with Crippen molar-refractivity contribution in [1.82, 2.24) is 0 Å². The molecule has 0 aliphatic carbocycles. The van der Waals surface area contributed by atoms with Crippen molar-refractivity contribution in [3.05, 3.63) is 108 Å². The van der Waals surface area contributed by atoms with Gasteiger partial charge in [-0.2, -0.15) is 0 Å². The summed E-state index contributed by atoms with van der Waals surface area (Å²) in [6.45, 7) is 1.52. The Morgan fingerprint density at radius 3 is 1.82 bits per heavy atom. The molecular weight excluding hydrogens is 416 g/mol. The van der Waals surface area contributed by atoms with Crippen molar-refractivity contribution >= 4 is 0 Å². The summed E-state index contributed by atoms with van der Waals surface area (Å²) in [7, 11) is 1.55. The molecule has 3 aromatic carbocycles. The first-order chi connectivity index (χ1) is 16.7. The number of hydrogen-bond acceptors (Lipinski definition) is 5. The van der Waals surface area contributed by atoms with Gasteiger partial charge in [0.1, 0.15) is 12.2 Å². The summed E-state index contributed by atoms with van der Waals surface area (Å²) >= 11 is 0. The highest BCUT2D eigenvalue weighted by Crippen LogP contribution is 2.28. The van der Waals surface area contributed by atoms with Crippen LogP contribution in [-0.2, 0) is 43.5 Å². The van der Waals surface area contributed by atoms with Crippen molar-refractivity contribution in [3.8, 4) is 0 Å². The van der Waals surface area contributed by atoms with E-state index in [1.54, 1.807) is 7.11 Å². The standard InChI is InChI=1S/C28H32O5/c1-29-27-17-25(31-19-23-13-7-3-8-14-23)28(32-20-24-15-9-4-10-16-24)26(33-27)21-30-18-22-11-5-2-6-12-22/h2-16,25-28H,17-21H2,1H3/t25-,26+,27+,28-/m0/s1/i17D/t17?,25-,26+,27+,28-. The Labute approximate surface area is 197 Å². The zero-order valence-electron chi connectivity index (χ0n) is 19.9. The number of methoxy groups -OCH3 is 1. The summed E-state index contributed by atoms with van der Waals surface area (Å²) < 4.78 is 39.0. The second-order valence-corrected chi connectivity index (χ2v) is 7.99. The van der Waals surface area contributed by atoms with E-state index in [1.165, 1.54) is 0 Å². The fraction of sp³-hybridized carbons (Fsp3) is 0.357. The van der Waals surface area contributed by atoms with E-state index in [0.29, 0.717) is 26.4 Å². The lowest BCUT2D eigenvalue weighted by atomic mass is 10.0. The molecular formula is C28H32O5. The average molecular weight is 450 g/mol. The van der Waals surface area contributed by atoms with E-state index < -0.39 is 31.0 Å². The largest absolute Gasteiger partial charge is 0.374 e. The molecule has 174 valence electrons. The molecule has 0 N–H and O–H groups in total. The second kappa shape index (κ2) is 12.6. The maximum Gasteiger partial charge on any atom is 0.160 e. The van der Waals surface area contributed by atoms with Gasteiger partial charge >= 0.3 is 0 Å². The van der Waals surface area contributed by atoms with Crippen molar-refractivity contribution in [2.24, 2.45) is 0 Å². The third kappa shape index (κ3) is 7.22. The Morgan fingerprint density at radius 1 is 0.758 bits per heavy atom. The molecule has 1 fully saturated rings. The Kier molecular flexibility index (Phi) is 8.52. The Morgan fingerprint density at radius 2 is 1.27 bits per heavy atom. The minimum Gasteiger partial charge on any atom is -0.374 e. The van der Waals surface area contributed by atoms with Gasteiger partial charge in [0.25, 0.3) is 0 Å². The summed E-state index contributed by atoms with van der Waals surface area (Å²) in [5.74, 6) is 0. The summed E-state index contributed by atoms with van der Waals surface area (Å²) in [5, 5.41) is 0. The number of rotatable bonds is 11. The minimum absolute atomic E-state index is 0.298. The van der Waals surface area contributed by atoms with Crippen molar-refractivity contribution in [2.75, 3.05) is 13.7 Å². The van der Waals surface area contributed by atoms with Crippen LogP contribution in [0.15, 0.2) is 91.0 Å². The molecule has 1 saturated heterocycles. The van der Waals surface area contributed by atoms with Crippen LogP contribution in [0.4, 0.5) is 0 Å². The van der Waals surface area contributed by atoms with E-state index in [0.717, 1.165) is 16.7 Å². The van der Waals surface area contributed by atoms with Crippen LogP contribution in [0.25, 0.3) is 0 Å². The molecule has 4 rings (SSSR count). The SMILES string of the molecule is [2H]C1[C@H](OC)O[C@H](COCc2ccccc2)[C@@H](OCc2ccccc2)[C@H]1OCc1ccccc1. The first-order valence-electron chi connectivity index (χ1n) is 11.9. The number of ether oxygens (including phenoxy) is 5. The van der Waals surface area contributed by atoms with E-state index in [4.69, 9.17) is 25.1 Å². The highest BCUT2D eigenvalue weighted by atomic mass is 16.7. The first-order valence-corrected chi connectivity index (χ1v) is 11.3. The Hall–Kier alpha value is -2.54. The molecule has 0 saturated carbocycles. The lowest BCUT2D eigenvalue weighted by Crippen LogP contribution is -2.52. The van der Waals surface area contributed by atoms with Gasteiger partial charge in [-0.1, -0.05) is 91.0 Å². The van der Waals surface area contributed by atoms with Gasteiger partial charge in [0, 0.05) is 14.9 Å². The normalized spacial score (nSPS) is 25.5. The minimum atomic E-state index is -0.764. The van der Waals surface area contributed by atoms with Gasteiger partial charge in [0.2, 0.25) is 0 Å². The molecule has 0 amide bonds. The molecule has 1 heterocycles. The Balaban J connectivity index is 1.48. The fourth-order valence-electron chi connectivity index (χ4n) is 3.79. The lowest BCUT2D eigenvalue weighted by molar-refractivity contribution is -0.272. The van der Waals surface area contributed by atoms with Gasteiger partial charge in [-0.3, -0.25) is 0 Å². The fourth-order valence-corrected chi connectivity index (χ4v) is 3.79. The van der Waals surface area contributed by atoms with Crippen LogP contribution in [0.1, 0.15) is 24.5 Å². The molecule has 5 heteroatoms. The maximum atomic E-state index is 8.77. The predicted octanol–water partition coefficient (Wildman–Crippen LogP) is 5.14. The lowest BCUT2D eigenvalue weighted by Gasteiger charge is -2.41. The van der Waals surface area contributed by atoms with Gasteiger partial charge in [0.15, 0.2) is 6.29 Å². The van der Waals surface area contributed by atoms with Gasteiger partial charge in [0.05, 0.1) is 32.5 Å². The number of hydrogen-bond donors (Lipinski definition) is 0. The third-order valence-electron chi connectivity index (χ3n) is 5.54. The van der Waals surface area contributed by atoms with E-state index in [9.17, 15) is 0 Å². The highest BCUT2D eigenvalue weighted by molar-refractivity contribution is 5.15. The molecule has 1 aliphatic heterocycles. The average Bonchev–Trinajstić information content (AvgIpc) is 2.89. The zero-order valence-corrected chi connectivity index (χ0v) is 18.9. The topological polar surface area (TPSA) is 46.2 Å². The summed E-state index contributed by atoms with van der Waals surface area (Å²) in [6, 6.07) is 29.9. The quantitative estimate of drug-likeness (QED) is 0.406. The summed E-state index contributed by atoms with van der Waals surface area (Å²) in [5.41, 5.74) is 3.16. The number of benzene rings is 3. The van der Waals surface area contributed by atoms with Crippen LogP contribution in [0.3, 0.4) is 0 Å². The molecule has 3 aromatic rings. The molecule has 0 radical (unpaired) electrons. The molecule has 0 aromatic heterocycles. The summed E-state index contributed by atoms with van der Waals surface area (Å²) in [6.07, 6.45) is -2.98. The van der Waals surface area contributed by atoms with Gasteiger partial charge in [-0.25, -0.2) is 0 Å². The van der Waals surface area contributed by atoms with Crippen LogP contribution in [0.2, 0.25) is 0 Å². The van der Waals surface area contributed by atoms with E-state index in [2.05, 4.69) is 0 Å². The van der Waals surface area contributed by atoms with Crippen LogP contribution in [0.5, 0.6) is 0 Å². The van der Waals surface area contributed by atoms with E-state index in [-0.39, 0.29) is 0 Å². The van der Waals surface area contributed by atoms with Gasteiger partial charge in [-0.05, 0) is 16.7 Å². The second-order valence-electron chi connectivity index (χ2n) is 7.99. The van der Waals surface area contributed by atoms with Crippen LogP contribution < -0.4 is 0 Å². The van der Waals surface area contributed by atoms with Crippen LogP contribution in [0, 0.1) is 0 Å². The van der Waals surface area contributed by atoms with Crippen molar-refractivity contribution in [3.63, 3.8) is 0 Å². The monoisotopic (exact) mass is 449 g/mol. The van der Waals surface area contributed by atoms with Crippen molar-refractivity contribution in [1.29, 1.82) is 0 Å². The molecule has 0 bridgehead atoms. The van der Waals surface area contributed by atoms with Gasteiger partial charge < -0.3 is 23.7 Å². The smallest absolute Gasteiger partial charge is 0.160 e. The molecule has 5 atom stereocenters. The molecule has 1 aliphatic rings. The van der Waals surface area contributed by atoms with Crippen molar-refractivity contribution < 1.29 is 25.1 Å². The molecule has 33 heavy (non-hydrogen) atoms. The third-order valence-corrected chi connectivity index (χ3v) is 5.54. The molecule has 1 unspecified atom stereocenters. The highest BCUT2D eigenvalue weighted by Gasteiger charge is 2.40. The predicted molar refractivity (Wildman–Crippen MR) is 126 cm³/mol. The van der Waals surface area contributed by atoms with E-state index >= 15 is 0 Å². The van der Waals surface area contributed by atoms with Crippen molar-refractivity contribution in [2.45, 2.75) is 50.8 Å². The Bertz CT molecular complexity index is 956. The molecule has 0 spiro atoms. The summed E-state index contributed by atoms with van der Waals surface area (Å²) in [4.78, 5) is 0. The first kappa shape index (κ1) is 22.3. The zero-order chi connectivity index (χ0) is 23.6. The molecule has 5 nitrogen and oxygen atoms in total. The maximum absolute atomic E-state index is 8.77. The van der Waals surface area contributed by atoms with Gasteiger partial charge in [-0.15, -0.1) is 0 Å². The van der Waals surface area contributed by atoms with Crippen LogP contribution >= 0.6 is 0 Å².